The second kappa shape index (κ2) is 4.91. The highest BCUT2D eigenvalue weighted by atomic mass is 19.4. The highest BCUT2D eigenvalue weighted by Gasteiger charge is 2.33. The van der Waals surface area contributed by atoms with Crippen molar-refractivity contribution < 1.29 is 13.2 Å². The van der Waals surface area contributed by atoms with Crippen LogP contribution in [0.25, 0.3) is 0 Å². The van der Waals surface area contributed by atoms with Crippen molar-refractivity contribution in [2.24, 2.45) is 0 Å². The van der Waals surface area contributed by atoms with Crippen LogP contribution in [0, 0.1) is 11.3 Å². The fourth-order valence-electron chi connectivity index (χ4n) is 1.30. The van der Waals surface area contributed by atoms with Crippen LogP contribution in [-0.2, 0) is 6.18 Å². The third kappa shape index (κ3) is 3.25. The average molecular weight is 240 g/mol. The molecule has 0 bridgehead atoms. The SMILES string of the molecule is C=CC(C)Nc1ccc(C(F)(F)F)c(C#N)c1. The molecule has 17 heavy (non-hydrogen) atoms. The number of nitrogens with one attached hydrogen (secondary N) is 1. The number of benzene rings is 1. The molecule has 5 heteroatoms. The number of alkyl halides is 3. The van der Waals surface area contributed by atoms with Gasteiger partial charge in [0.25, 0.3) is 0 Å². The van der Waals surface area contributed by atoms with Crippen molar-refractivity contribution in [3.05, 3.63) is 42.0 Å². The lowest BCUT2D eigenvalue weighted by molar-refractivity contribution is -0.137. The average Bonchev–Trinajstić information content (AvgIpc) is 2.27. The van der Waals surface area contributed by atoms with Gasteiger partial charge in [-0.2, -0.15) is 18.4 Å². The van der Waals surface area contributed by atoms with Gasteiger partial charge < -0.3 is 5.32 Å². The zero-order valence-corrected chi connectivity index (χ0v) is 9.17. The molecule has 0 spiro atoms. The molecular formula is C12H11F3N2. The van der Waals surface area contributed by atoms with E-state index in [-0.39, 0.29) is 6.04 Å². The topological polar surface area (TPSA) is 35.8 Å². The summed E-state index contributed by atoms with van der Waals surface area (Å²) in [5, 5.41) is 11.6. The lowest BCUT2D eigenvalue weighted by Gasteiger charge is -2.13. The quantitative estimate of drug-likeness (QED) is 0.820. The molecule has 0 saturated heterocycles. The van der Waals surface area contributed by atoms with Crippen LogP contribution in [-0.4, -0.2) is 6.04 Å². The Morgan fingerprint density at radius 2 is 2.12 bits per heavy atom. The number of nitriles is 1. The minimum Gasteiger partial charge on any atom is -0.379 e. The normalized spacial score (nSPS) is 12.6. The van der Waals surface area contributed by atoms with Gasteiger partial charge in [0.2, 0.25) is 0 Å². The van der Waals surface area contributed by atoms with Gasteiger partial charge in [-0.05, 0) is 25.1 Å². The summed E-state index contributed by atoms with van der Waals surface area (Å²) in [6.07, 6.45) is -2.89. The highest BCUT2D eigenvalue weighted by molar-refractivity contribution is 5.54. The van der Waals surface area contributed by atoms with Gasteiger partial charge in [0.1, 0.15) is 0 Å². The van der Waals surface area contributed by atoms with Crippen molar-refractivity contribution in [1.82, 2.24) is 0 Å². The van der Waals surface area contributed by atoms with Gasteiger partial charge in [0.15, 0.2) is 0 Å². The third-order valence-corrected chi connectivity index (χ3v) is 2.19. The number of nitrogens with zero attached hydrogens (tertiary/aromatic N) is 1. The fraction of sp³-hybridized carbons (Fsp3) is 0.250. The number of anilines is 1. The third-order valence-electron chi connectivity index (χ3n) is 2.19. The molecule has 1 unspecified atom stereocenters. The van der Waals surface area contributed by atoms with E-state index in [4.69, 9.17) is 5.26 Å². The molecule has 1 aromatic rings. The molecule has 1 aromatic carbocycles. The summed E-state index contributed by atoms with van der Waals surface area (Å²) in [4.78, 5) is 0. The monoisotopic (exact) mass is 240 g/mol. The van der Waals surface area contributed by atoms with Gasteiger partial charge in [0.05, 0.1) is 17.2 Å². The molecule has 0 amide bonds. The summed E-state index contributed by atoms with van der Waals surface area (Å²) in [5.74, 6) is 0. The summed E-state index contributed by atoms with van der Waals surface area (Å²) in [7, 11) is 0. The number of hydrogen-bond donors (Lipinski definition) is 1. The molecule has 90 valence electrons. The Balaban J connectivity index is 3.10. The summed E-state index contributed by atoms with van der Waals surface area (Å²) in [6.45, 7) is 5.35. The van der Waals surface area contributed by atoms with E-state index in [1.807, 2.05) is 0 Å². The molecule has 0 aliphatic rings. The van der Waals surface area contributed by atoms with Gasteiger partial charge in [-0.3, -0.25) is 0 Å². The maximum absolute atomic E-state index is 12.5. The number of hydrogen-bond acceptors (Lipinski definition) is 2. The zero-order valence-electron chi connectivity index (χ0n) is 9.17. The Kier molecular flexibility index (Phi) is 3.79. The van der Waals surface area contributed by atoms with Crippen molar-refractivity contribution in [3.63, 3.8) is 0 Å². The number of halogens is 3. The first-order chi connectivity index (χ1) is 7.88. The molecule has 1 atom stereocenters. The maximum atomic E-state index is 12.5. The van der Waals surface area contributed by atoms with Crippen LogP contribution < -0.4 is 5.32 Å². The molecular weight excluding hydrogens is 229 g/mol. The van der Waals surface area contributed by atoms with E-state index < -0.39 is 17.3 Å². The van der Waals surface area contributed by atoms with E-state index in [0.717, 1.165) is 6.07 Å². The van der Waals surface area contributed by atoms with Crippen molar-refractivity contribution in [3.8, 4) is 6.07 Å². The van der Waals surface area contributed by atoms with E-state index in [2.05, 4.69) is 11.9 Å². The first-order valence-electron chi connectivity index (χ1n) is 4.89. The lowest BCUT2D eigenvalue weighted by atomic mass is 10.1. The van der Waals surface area contributed by atoms with Crippen molar-refractivity contribution in [2.45, 2.75) is 19.1 Å². The van der Waals surface area contributed by atoms with Gasteiger partial charge in [-0.25, -0.2) is 0 Å². The van der Waals surface area contributed by atoms with Crippen molar-refractivity contribution in [1.29, 1.82) is 5.26 Å². The molecule has 0 radical (unpaired) electrons. The van der Waals surface area contributed by atoms with Crippen molar-refractivity contribution in [2.75, 3.05) is 5.32 Å². The minimum atomic E-state index is -4.51. The van der Waals surface area contributed by atoms with Gasteiger partial charge in [-0.15, -0.1) is 6.58 Å². The molecule has 2 nitrogen and oxygen atoms in total. The molecule has 0 fully saturated rings. The molecule has 0 aromatic heterocycles. The zero-order chi connectivity index (χ0) is 13.1. The van der Waals surface area contributed by atoms with Gasteiger partial charge in [-0.1, -0.05) is 6.08 Å². The maximum Gasteiger partial charge on any atom is 0.417 e. The molecule has 0 aliphatic heterocycles. The predicted molar refractivity (Wildman–Crippen MR) is 59.4 cm³/mol. The minimum absolute atomic E-state index is 0.0849. The Morgan fingerprint density at radius 3 is 2.59 bits per heavy atom. The lowest BCUT2D eigenvalue weighted by Crippen LogP contribution is -2.13. The van der Waals surface area contributed by atoms with Crippen LogP contribution in [0.4, 0.5) is 18.9 Å². The van der Waals surface area contributed by atoms with Gasteiger partial charge >= 0.3 is 6.18 Å². The van der Waals surface area contributed by atoms with E-state index in [0.29, 0.717) is 5.69 Å². The Labute approximate surface area is 97.4 Å². The summed E-state index contributed by atoms with van der Waals surface area (Å²) < 4.78 is 37.5. The van der Waals surface area contributed by atoms with E-state index in [1.54, 1.807) is 19.1 Å². The molecule has 1 rings (SSSR count). The molecule has 1 N–H and O–H groups in total. The second-order valence-electron chi connectivity index (χ2n) is 3.54. The van der Waals surface area contributed by atoms with Crippen LogP contribution in [0.15, 0.2) is 30.9 Å². The molecule has 0 heterocycles. The summed E-state index contributed by atoms with van der Waals surface area (Å²) in [5.41, 5.74) is -0.850. The van der Waals surface area contributed by atoms with Crippen LogP contribution >= 0.6 is 0 Å². The Morgan fingerprint density at radius 1 is 1.47 bits per heavy atom. The standard InChI is InChI=1S/C12H11F3N2/c1-3-8(2)17-10-4-5-11(12(13,14)15)9(6-10)7-16/h3-6,8,17H,1H2,2H3. The highest BCUT2D eigenvalue weighted by Crippen LogP contribution is 2.33. The largest absolute Gasteiger partial charge is 0.417 e. The first-order valence-corrected chi connectivity index (χ1v) is 4.89. The predicted octanol–water partition coefficient (Wildman–Crippen LogP) is 3.56. The van der Waals surface area contributed by atoms with E-state index in [1.165, 1.54) is 12.1 Å². The Bertz CT molecular complexity index is 458. The van der Waals surface area contributed by atoms with E-state index in [9.17, 15) is 13.2 Å². The first kappa shape index (κ1) is 13.1. The second-order valence-corrected chi connectivity index (χ2v) is 3.54. The molecule has 0 saturated carbocycles. The van der Waals surface area contributed by atoms with E-state index >= 15 is 0 Å². The fourth-order valence-corrected chi connectivity index (χ4v) is 1.30. The summed E-state index contributed by atoms with van der Waals surface area (Å²) >= 11 is 0. The molecule has 0 aliphatic carbocycles. The van der Waals surface area contributed by atoms with Crippen LogP contribution in [0.5, 0.6) is 0 Å². The van der Waals surface area contributed by atoms with Crippen LogP contribution in [0.3, 0.4) is 0 Å². The van der Waals surface area contributed by atoms with Gasteiger partial charge in [0, 0.05) is 11.7 Å². The van der Waals surface area contributed by atoms with Crippen molar-refractivity contribution >= 4 is 5.69 Å². The summed E-state index contributed by atoms with van der Waals surface area (Å²) in [6, 6.07) is 4.84. The van der Waals surface area contributed by atoms with Crippen LogP contribution in [0.2, 0.25) is 0 Å². The number of rotatable bonds is 3. The smallest absolute Gasteiger partial charge is 0.379 e. The van der Waals surface area contributed by atoms with Crippen LogP contribution in [0.1, 0.15) is 18.1 Å². The Hall–Kier alpha value is -1.96.